The number of rotatable bonds is 7. The van der Waals surface area contributed by atoms with E-state index < -0.39 is 29.7 Å². The van der Waals surface area contributed by atoms with Crippen LogP contribution in [0.3, 0.4) is 0 Å². The SMILES string of the molecule is CCC1CCC(C)(OC(=O)[C@@H]2CCCN2C(=O)[C@@H]2CCCN2C(=O)[C@H](O)Cc2ccc(O)c(O)c2)C1(C)C. The number of likely N-dealkylation sites (tertiary alicyclic amines) is 2. The Morgan fingerprint density at radius 2 is 1.66 bits per heavy atom. The molecule has 1 aromatic rings. The third kappa shape index (κ3) is 5.09. The van der Waals surface area contributed by atoms with Crippen molar-refractivity contribution in [3.05, 3.63) is 23.8 Å². The van der Waals surface area contributed by atoms with Crippen LogP contribution in [0.1, 0.15) is 78.2 Å². The molecule has 1 aromatic carbocycles. The van der Waals surface area contributed by atoms with Gasteiger partial charge in [-0.25, -0.2) is 4.79 Å². The second kappa shape index (κ2) is 10.8. The summed E-state index contributed by atoms with van der Waals surface area (Å²) in [6.45, 7) is 9.27. The molecular formula is C29H42N2O7. The number of carbonyl (C=O) groups is 3. The minimum absolute atomic E-state index is 0.0597. The van der Waals surface area contributed by atoms with Crippen molar-refractivity contribution in [2.24, 2.45) is 11.3 Å². The maximum atomic E-state index is 13.7. The van der Waals surface area contributed by atoms with E-state index in [1.54, 1.807) is 4.90 Å². The summed E-state index contributed by atoms with van der Waals surface area (Å²) in [6, 6.07) is 2.72. The van der Waals surface area contributed by atoms with Crippen molar-refractivity contribution in [2.45, 2.75) is 103 Å². The Kier molecular flexibility index (Phi) is 7.98. The van der Waals surface area contributed by atoms with Crippen LogP contribution in [0, 0.1) is 11.3 Å². The van der Waals surface area contributed by atoms with E-state index in [-0.39, 0.29) is 35.2 Å². The molecule has 1 aliphatic carbocycles. The lowest BCUT2D eigenvalue weighted by atomic mass is 9.72. The molecule has 38 heavy (non-hydrogen) atoms. The first-order valence-electron chi connectivity index (χ1n) is 13.9. The molecule has 2 saturated heterocycles. The number of aliphatic hydroxyl groups excluding tert-OH is 1. The first-order chi connectivity index (χ1) is 17.9. The molecule has 9 heteroatoms. The summed E-state index contributed by atoms with van der Waals surface area (Å²) in [5.74, 6) is -1.34. The van der Waals surface area contributed by atoms with E-state index in [0.29, 0.717) is 50.3 Å². The largest absolute Gasteiger partial charge is 0.504 e. The Labute approximate surface area is 224 Å². The van der Waals surface area contributed by atoms with Crippen LogP contribution in [0.15, 0.2) is 18.2 Å². The summed E-state index contributed by atoms with van der Waals surface area (Å²) in [4.78, 5) is 43.2. The molecule has 2 unspecified atom stereocenters. The van der Waals surface area contributed by atoms with Gasteiger partial charge in [-0.15, -0.1) is 0 Å². The Morgan fingerprint density at radius 1 is 1.00 bits per heavy atom. The van der Waals surface area contributed by atoms with Crippen molar-refractivity contribution in [2.75, 3.05) is 13.1 Å². The average Bonchev–Trinajstić information content (AvgIpc) is 3.59. The lowest BCUT2D eigenvalue weighted by molar-refractivity contribution is -0.177. The van der Waals surface area contributed by atoms with E-state index in [1.165, 1.54) is 23.1 Å². The number of aromatic hydroxyl groups is 2. The van der Waals surface area contributed by atoms with Crippen molar-refractivity contribution < 1.29 is 34.4 Å². The molecule has 0 spiro atoms. The minimum atomic E-state index is -1.40. The zero-order chi connectivity index (χ0) is 27.8. The maximum Gasteiger partial charge on any atom is 0.329 e. The molecule has 0 aromatic heterocycles. The van der Waals surface area contributed by atoms with Crippen LogP contribution in [0.2, 0.25) is 0 Å². The highest BCUT2D eigenvalue weighted by Gasteiger charge is 2.54. The second-order valence-corrected chi connectivity index (χ2v) is 11.9. The van der Waals surface area contributed by atoms with Gasteiger partial charge in [0.25, 0.3) is 5.91 Å². The van der Waals surface area contributed by atoms with Crippen molar-refractivity contribution in [3.63, 3.8) is 0 Å². The average molecular weight is 531 g/mol. The van der Waals surface area contributed by atoms with Crippen LogP contribution in [0.25, 0.3) is 0 Å². The molecule has 2 amide bonds. The molecule has 9 nitrogen and oxygen atoms in total. The second-order valence-electron chi connectivity index (χ2n) is 11.9. The number of hydrogen-bond donors (Lipinski definition) is 3. The molecule has 5 atom stereocenters. The van der Waals surface area contributed by atoms with Gasteiger partial charge in [-0.1, -0.05) is 33.3 Å². The number of carbonyl (C=O) groups excluding carboxylic acids is 3. The van der Waals surface area contributed by atoms with Crippen LogP contribution in [-0.2, 0) is 25.5 Å². The molecule has 1 saturated carbocycles. The van der Waals surface area contributed by atoms with Gasteiger partial charge < -0.3 is 29.9 Å². The number of phenols is 2. The lowest BCUT2D eigenvalue weighted by Crippen LogP contribution is -2.54. The van der Waals surface area contributed by atoms with E-state index in [4.69, 9.17) is 4.74 Å². The normalized spacial score (nSPS) is 29.4. The first kappa shape index (κ1) is 28.2. The molecule has 3 N–H and O–H groups in total. The molecule has 2 aliphatic heterocycles. The van der Waals surface area contributed by atoms with Crippen LogP contribution < -0.4 is 0 Å². The number of nitrogens with zero attached hydrogens (tertiary/aromatic N) is 2. The quantitative estimate of drug-likeness (QED) is 0.365. The van der Waals surface area contributed by atoms with Gasteiger partial charge in [0.1, 0.15) is 23.8 Å². The number of phenolic OH excluding ortho intramolecular Hbond substituents is 2. The van der Waals surface area contributed by atoms with Crippen molar-refractivity contribution in [1.82, 2.24) is 9.80 Å². The van der Waals surface area contributed by atoms with Gasteiger partial charge in [0.05, 0.1) is 0 Å². The number of aliphatic hydroxyl groups is 1. The molecule has 0 bridgehead atoms. The molecular weight excluding hydrogens is 488 g/mol. The van der Waals surface area contributed by atoms with Gasteiger partial charge in [0, 0.05) is 24.9 Å². The van der Waals surface area contributed by atoms with Crippen molar-refractivity contribution in [1.29, 1.82) is 0 Å². The third-order valence-corrected chi connectivity index (χ3v) is 9.55. The molecule has 0 radical (unpaired) electrons. The summed E-state index contributed by atoms with van der Waals surface area (Å²) in [5, 5.41) is 29.9. The molecule has 4 rings (SSSR count). The monoisotopic (exact) mass is 530 g/mol. The Hall–Kier alpha value is -2.81. The summed E-state index contributed by atoms with van der Waals surface area (Å²) in [6.07, 6.45) is 3.69. The summed E-state index contributed by atoms with van der Waals surface area (Å²) in [5.41, 5.74) is -0.270. The fraction of sp³-hybridized carbons (Fsp3) is 0.690. The predicted octanol–water partition coefficient (Wildman–Crippen LogP) is 3.13. The summed E-state index contributed by atoms with van der Waals surface area (Å²) < 4.78 is 6.18. The van der Waals surface area contributed by atoms with Gasteiger partial charge >= 0.3 is 5.97 Å². The highest BCUT2D eigenvalue weighted by Crippen LogP contribution is 2.53. The Balaban J connectivity index is 1.42. The maximum absolute atomic E-state index is 13.7. The minimum Gasteiger partial charge on any atom is -0.504 e. The zero-order valence-electron chi connectivity index (χ0n) is 23.0. The Morgan fingerprint density at radius 3 is 2.29 bits per heavy atom. The van der Waals surface area contributed by atoms with E-state index in [9.17, 15) is 29.7 Å². The molecule has 210 valence electrons. The van der Waals surface area contributed by atoms with Gasteiger partial charge in [0.15, 0.2) is 11.5 Å². The van der Waals surface area contributed by atoms with E-state index in [2.05, 4.69) is 20.8 Å². The van der Waals surface area contributed by atoms with Gasteiger partial charge in [0.2, 0.25) is 5.91 Å². The zero-order valence-corrected chi connectivity index (χ0v) is 23.0. The Bertz CT molecular complexity index is 1070. The molecule has 3 aliphatic rings. The van der Waals surface area contributed by atoms with E-state index in [1.807, 2.05) is 6.92 Å². The predicted molar refractivity (Wildman–Crippen MR) is 140 cm³/mol. The van der Waals surface area contributed by atoms with Gasteiger partial charge in [-0.05, 0) is 69.1 Å². The van der Waals surface area contributed by atoms with Gasteiger partial charge in [-0.2, -0.15) is 0 Å². The van der Waals surface area contributed by atoms with E-state index >= 15 is 0 Å². The molecule has 3 fully saturated rings. The highest BCUT2D eigenvalue weighted by molar-refractivity contribution is 5.92. The number of ether oxygens (including phenoxy) is 1. The lowest BCUT2D eigenvalue weighted by Gasteiger charge is -2.42. The number of benzene rings is 1. The fourth-order valence-corrected chi connectivity index (χ4v) is 6.70. The number of amides is 2. The topological polar surface area (TPSA) is 128 Å². The fourth-order valence-electron chi connectivity index (χ4n) is 6.70. The van der Waals surface area contributed by atoms with Crippen LogP contribution in [-0.4, -0.2) is 79.8 Å². The smallest absolute Gasteiger partial charge is 0.329 e. The van der Waals surface area contributed by atoms with Crippen LogP contribution in [0.5, 0.6) is 11.5 Å². The van der Waals surface area contributed by atoms with Crippen molar-refractivity contribution >= 4 is 17.8 Å². The van der Waals surface area contributed by atoms with E-state index in [0.717, 1.165) is 19.3 Å². The van der Waals surface area contributed by atoms with Crippen LogP contribution in [0.4, 0.5) is 0 Å². The first-order valence-corrected chi connectivity index (χ1v) is 13.9. The van der Waals surface area contributed by atoms with Gasteiger partial charge in [-0.3, -0.25) is 9.59 Å². The standard InChI is InChI=1S/C29H42N2O7/c1-5-19-12-13-29(4,28(19,2)3)38-27(37)21-9-7-15-31(21)25(35)20-8-6-14-30(20)26(36)24(34)17-18-10-11-22(32)23(33)16-18/h10-11,16,19-21,24,32-34H,5-9,12-15,17H2,1-4H3/t19?,20-,21-,24+,29?/m0/s1. The third-order valence-electron chi connectivity index (χ3n) is 9.55. The summed E-state index contributed by atoms with van der Waals surface area (Å²) >= 11 is 0. The summed E-state index contributed by atoms with van der Waals surface area (Å²) in [7, 11) is 0. The number of hydrogen-bond acceptors (Lipinski definition) is 7. The van der Waals surface area contributed by atoms with Crippen LogP contribution >= 0.6 is 0 Å². The number of esters is 1. The van der Waals surface area contributed by atoms with Crippen molar-refractivity contribution in [3.8, 4) is 11.5 Å². The molecule has 2 heterocycles. The highest BCUT2D eigenvalue weighted by atomic mass is 16.6.